The van der Waals surface area contributed by atoms with Crippen molar-refractivity contribution in [3.05, 3.63) is 0 Å². The van der Waals surface area contributed by atoms with E-state index in [1.165, 1.54) is 16.7 Å². The summed E-state index contributed by atoms with van der Waals surface area (Å²) in [5, 5.41) is 2.16. The molecule has 0 saturated carbocycles. The van der Waals surface area contributed by atoms with Gasteiger partial charge in [-0.3, -0.25) is 14.4 Å². The Bertz CT molecular complexity index is 571. The van der Waals surface area contributed by atoms with Gasteiger partial charge in [0.15, 0.2) is 0 Å². The van der Waals surface area contributed by atoms with E-state index in [2.05, 4.69) is 5.32 Å². The lowest BCUT2D eigenvalue weighted by Crippen LogP contribution is -2.69. The lowest BCUT2D eigenvalue weighted by Gasteiger charge is -2.43. The van der Waals surface area contributed by atoms with Crippen LogP contribution in [-0.2, 0) is 28.7 Å². The molecule has 1 N–H and O–H groups in total. The fourth-order valence-electron chi connectivity index (χ4n) is 2.66. The molecule has 2 aliphatic rings. The molecule has 0 unspecified atom stereocenters. The molecule has 2 amide bonds. The second-order valence-corrected chi connectivity index (χ2v) is 9.06. The third-order valence-corrected chi connectivity index (χ3v) is 5.49. The maximum atomic E-state index is 12.4. The highest BCUT2D eigenvalue weighted by molar-refractivity contribution is 8.01. The van der Waals surface area contributed by atoms with Crippen molar-refractivity contribution in [3.63, 3.8) is 0 Å². The Morgan fingerprint density at radius 3 is 2.50 bits per heavy atom. The summed E-state index contributed by atoms with van der Waals surface area (Å²) in [4.78, 5) is 48.2. The summed E-state index contributed by atoms with van der Waals surface area (Å²) in [6.07, 6.45) is 0.477. The summed E-state index contributed by atoms with van der Waals surface area (Å²) in [6.45, 7) is 8.24. The molecular weight excluding hydrogens is 336 g/mol. The Hall–Kier alpha value is -1.77. The Kier molecular flexibility index (Phi) is 4.85. The van der Waals surface area contributed by atoms with Crippen molar-refractivity contribution in [2.45, 2.75) is 56.8 Å². The first kappa shape index (κ1) is 18.6. The number of thioether (sulfide) groups is 1. The zero-order valence-electron chi connectivity index (χ0n) is 14.3. The number of hydrogen-bond acceptors (Lipinski definition) is 7. The quantitative estimate of drug-likeness (QED) is 0.325. The molecule has 9 heteroatoms. The van der Waals surface area contributed by atoms with Crippen LogP contribution in [0.3, 0.4) is 0 Å². The van der Waals surface area contributed by atoms with Gasteiger partial charge in [0, 0.05) is 4.75 Å². The molecule has 2 fully saturated rings. The molecule has 0 aromatic rings. The van der Waals surface area contributed by atoms with E-state index in [0.717, 1.165) is 0 Å². The number of fused-ring (bicyclic) bond motifs is 1. The normalized spacial score (nSPS) is 27.8. The molecule has 2 heterocycles. The fraction of sp³-hybridized carbons (Fsp3) is 0.733. The summed E-state index contributed by atoms with van der Waals surface area (Å²) in [6, 6.07) is -1.42. The van der Waals surface area contributed by atoms with Gasteiger partial charge in [0.1, 0.15) is 17.5 Å². The molecule has 0 spiro atoms. The largest absolute Gasteiger partial charge is 0.427 e. The molecule has 8 nitrogen and oxygen atoms in total. The first-order valence-corrected chi connectivity index (χ1v) is 8.42. The maximum Gasteiger partial charge on any atom is 0.333 e. The van der Waals surface area contributed by atoms with Gasteiger partial charge in [0.05, 0.1) is 5.41 Å². The topological polar surface area (TPSA) is 102 Å². The lowest BCUT2D eigenvalue weighted by molar-refractivity contribution is -0.180. The minimum absolute atomic E-state index is 0.299. The monoisotopic (exact) mass is 358 g/mol. The number of rotatable bonds is 5. The van der Waals surface area contributed by atoms with Crippen LogP contribution in [0.5, 0.6) is 0 Å². The van der Waals surface area contributed by atoms with E-state index in [1.54, 1.807) is 20.8 Å². The van der Waals surface area contributed by atoms with Gasteiger partial charge >= 0.3 is 11.9 Å². The molecule has 0 radical (unpaired) electrons. The average Bonchev–Trinajstić information content (AvgIpc) is 2.71. The smallest absolute Gasteiger partial charge is 0.333 e. The second kappa shape index (κ2) is 6.27. The molecule has 134 valence electrons. The summed E-state index contributed by atoms with van der Waals surface area (Å²) in [5.74, 6) is -1.43. The van der Waals surface area contributed by atoms with Gasteiger partial charge in [-0.05, 0) is 34.6 Å². The molecule has 24 heavy (non-hydrogen) atoms. The van der Waals surface area contributed by atoms with Crippen molar-refractivity contribution in [2.75, 3.05) is 6.79 Å². The Balaban J connectivity index is 1.98. The van der Waals surface area contributed by atoms with Crippen molar-refractivity contribution in [1.29, 1.82) is 0 Å². The van der Waals surface area contributed by atoms with Crippen LogP contribution in [0.15, 0.2) is 0 Å². The van der Waals surface area contributed by atoms with Crippen LogP contribution in [0.1, 0.15) is 34.6 Å². The van der Waals surface area contributed by atoms with Crippen LogP contribution in [0.4, 0.5) is 0 Å². The first-order valence-electron chi connectivity index (χ1n) is 7.54. The third-order valence-electron chi connectivity index (χ3n) is 3.92. The fourth-order valence-corrected chi connectivity index (χ4v) is 4.29. The van der Waals surface area contributed by atoms with Crippen molar-refractivity contribution < 1.29 is 28.7 Å². The molecule has 3 atom stereocenters. The molecule has 2 saturated heterocycles. The van der Waals surface area contributed by atoms with E-state index in [-0.39, 0.29) is 11.3 Å². The molecule has 0 aromatic carbocycles. The second-order valence-electron chi connectivity index (χ2n) is 7.29. The number of amides is 2. The highest BCUT2D eigenvalue weighted by Gasteiger charge is 2.64. The number of carbonyl (C=O) groups excluding carboxylic acids is 4. The molecule has 2 rings (SSSR count). The van der Waals surface area contributed by atoms with E-state index in [1.807, 2.05) is 13.8 Å². The van der Waals surface area contributed by atoms with E-state index in [4.69, 9.17) is 9.47 Å². The Morgan fingerprint density at radius 2 is 1.96 bits per heavy atom. The zero-order chi connectivity index (χ0) is 18.3. The van der Waals surface area contributed by atoms with Gasteiger partial charge in [-0.1, -0.05) is 0 Å². The van der Waals surface area contributed by atoms with E-state index < -0.39 is 41.0 Å². The van der Waals surface area contributed by atoms with Gasteiger partial charge in [-0.25, -0.2) is 4.79 Å². The minimum atomic E-state index is -0.793. The highest BCUT2D eigenvalue weighted by atomic mass is 32.2. The standard InChI is InChI=1S/C15H22N2O6S/c1-14(2,3)13(21)23-7-22-12(20)9-15(4,5)24-11-8(16-6-18)10(19)17(9)11/h6,8-9,11H,7H2,1-5H3,(H,16,18)/t8-,9-,11+/m0/s1. The Labute approximate surface area is 144 Å². The van der Waals surface area contributed by atoms with Crippen molar-refractivity contribution in [3.8, 4) is 0 Å². The van der Waals surface area contributed by atoms with Crippen molar-refractivity contribution in [2.24, 2.45) is 5.41 Å². The van der Waals surface area contributed by atoms with Crippen LogP contribution in [0, 0.1) is 5.41 Å². The van der Waals surface area contributed by atoms with Crippen LogP contribution in [0.25, 0.3) is 0 Å². The molecule has 0 bridgehead atoms. The van der Waals surface area contributed by atoms with E-state index in [9.17, 15) is 19.2 Å². The summed E-state index contributed by atoms with van der Waals surface area (Å²) < 4.78 is 9.39. The first-order chi connectivity index (χ1) is 11.0. The van der Waals surface area contributed by atoms with E-state index >= 15 is 0 Å². The highest BCUT2D eigenvalue weighted by Crippen LogP contribution is 2.50. The van der Waals surface area contributed by atoms with Crippen molar-refractivity contribution >= 4 is 36.0 Å². The predicted molar refractivity (Wildman–Crippen MR) is 85.6 cm³/mol. The summed E-state index contributed by atoms with van der Waals surface area (Å²) in [5.41, 5.74) is -0.693. The van der Waals surface area contributed by atoms with Crippen molar-refractivity contribution in [1.82, 2.24) is 10.2 Å². The number of esters is 2. The third kappa shape index (κ3) is 3.22. The number of hydrogen-bond donors (Lipinski definition) is 1. The minimum Gasteiger partial charge on any atom is -0.427 e. The predicted octanol–water partition coefficient (Wildman–Crippen LogP) is 0.253. The van der Waals surface area contributed by atoms with Crippen LogP contribution >= 0.6 is 11.8 Å². The van der Waals surface area contributed by atoms with E-state index in [0.29, 0.717) is 6.41 Å². The number of β-lactam (4-membered cyclic amide) rings is 1. The molecule has 0 aliphatic carbocycles. The molecule has 0 aromatic heterocycles. The van der Waals surface area contributed by atoms with Gasteiger partial charge < -0.3 is 19.7 Å². The number of carbonyl (C=O) groups is 4. The van der Waals surface area contributed by atoms with Gasteiger partial charge in [-0.15, -0.1) is 11.8 Å². The van der Waals surface area contributed by atoms with Gasteiger partial charge in [0.2, 0.25) is 19.1 Å². The number of ether oxygens (including phenoxy) is 2. The van der Waals surface area contributed by atoms with Crippen LogP contribution in [-0.4, -0.2) is 58.2 Å². The zero-order valence-corrected chi connectivity index (χ0v) is 15.1. The van der Waals surface area contributed by atoms with Gasteiger partial charge in [-0.2, -0.15) is 0 Å². The molecular formula is C15H22N2O6S. The van der Waals surface area contributed by atoms with Crippen LogP contribution < -0.4 is 5.32 Å². The number of nitrogens with one attached hydrogen (secondary N) is 1. The Morgan fingerprint density at radius 1 is 1.33 bits per heavy atom. The summed E-state index contributed by atoms with van der Waals surface area (Å²) in [7, 11) is 0. The molecule has 2 aliphatic heterocycles. The summed E-state index contributed by atoms with van der Waals surface area (Å²) >= 11 is 1.42. The average molecular weight is 358 g/mol. The van der Waals surface area contributed by atoms with Crippen LogP contribution in [0.2, 0.25) is 0 Å². The SMILES string of the molecule is CC(C)(C)C(=O)OCOC(=O)[C@@H]1N2C(=O)[C@H](NC=O)[C@H]2SC1(C)C. The van der Waals surface area contributed by atoms with Gasteiger partial charge in [0.25, 0.3) is 0 Å². The number of nitrogens with zero attached hydrogens (tertiary/aromatic N) is 1. The maximum absolute atomic E-state index is 12.4. The lowest BCUT2D eigenvalue weighted by atomic mass is 9.96.